The number of carbonyl (C=O) groups is 2. The lowest BCUT2D eigenvalue weighted by Crippen LogP contribution is -2.41. The van der Waals surface area contributed by atoms with Crippen molar-refractivity contribution in [3.63, 3.8) is 0 Å². The fourth-order valence-corrected chi connectivity index (χ4v) is 5.22. The molecule has 4 nitrogen and oxygen atoms in total. The van der Waals surface area contributed by atoms with Crippen LogP contribution in [0.1, 0.15) is 36.1 Å². The van der Waals surface area contributed by atoms with E-state index in [0.717, 1.165) is 23.5 Å². The topological polar surface area (TPSA) is 49.4 Å². The number of nitrogens with zero attached hydrogens (tertiary/aromatic N) is 1. The second-order valence-electron chi connectivity index (χ2n) is 7.92. The third kappa shape index (κ3) is 5.10. The molecule has 4 rings (SSSR count). The molecule has 0 radical (unpaired) electrons. The Morgan fingerprint density at radius 1 is 1.03 bits per heavy atom. The zero-order valence-corrected chi connectivity index (χ0v) is 18.7. The number of carbonyl (C=O) groups excluding carboxylic acids is 2. The Bertz CT molecular complexity index is 1080. The van der Waals surface area contributed by atoms with Gasteiger partial charge in [-0.25, -0.2) is 0 Å². The number of benzene rings is 3. The van der Waals surface area contributed by atoms with E-state index in [1.54, 1.807) is 6.92 Å². The zero-order chi connectivity index (χ0) is 21.6. The van der Waals surface area contributed by atoms with Gasteiger partial charge in [0.15, 0.2) is 0 Å². The van der Waals surface area contributed by atoms with Gasteiger partial charge in [0.05, 0.1) is 12.5 Å². The van der Waals surface area contributed by atoms with Crippen LogP contribution >= 0.6 is 11.8 Å². The van der Waals surface area contributed by atoms with Crippen LogP contribution in [-0.2, 0) is 21.8 Å². The SMILES string of the molecule is CC(=O)N1CCc2ccccc2C1CC(=O)NCCSCc1cccc2ccccc12. The van der Waals surface area contributed by atoms with Crippen molar-refractivity contribution in [2.75, 3.05) is 18.8 Å². The predicted octanol–water partition coefficient (Wildman–Crippen LogP) is 4.73. The second kappa shape index (κ2) is 10.0. The van der Waals surface area contributed by atoms with Crippen molar-refractivity contribution in [1.82, 2.24) is 10.2 Å². The summed E-state index contributed by atoms with van der Waals surface area (Å²) in [4.78, 5) is 26.6. The molecule has 1 unspecified atom stereocenters. The van der Waals surface area contributed by atoms with Crippen LogP contribution in [0.15, 0.2) is 66.7 Å². The largest absolute Gasteiger partial charge is 0.355 e. The molecule has 31 heavy (non-hydrogen) atoms. The molecule has 0 saturated heterocycles. The molecule has 3 aromatic carbocycles. The van der Waals surface area contributed by atoms with E-state index in [0.29, 0.717) is 19.5 Å². The molecule has 0 aliphatic carbocycles. The van der Waals surface area contributed by atoms with Crippen LogP contribution in [0, 0.1) is 0 Å². The highest BCUT2D eigenvalue weighted by Crippen LogP contribution is 2.32. The van der Waals surface area contributed by atoms with Crippen molar-refractivity contribution in [1.29, 1.82) is 0 Å². The van der Waals surface area contributed by atoms with Gasteiger partial charge in [-0.2, -0.15) is 11.8 Å². The summed E-state index contributed by atoms with van der Waals surface area (Å²) < 4.78 is 0. The molecule has 0 saturated carbocycles. The summed E-state index contributed by atoms with van der Waals surface area (Å²) in [5.41, 5.74) is 3.67. The highest BCUT2D eigenvalue weighted by Gasteiger charge is 2.30. The van der Waals surface area contributed by atoms with Gasteiger partial charge in [0.1, 0.15) is 0 Å². The molecule has 1 atom stereocenters. The fourth-order valence-electron chi connectivity index (χ4n) is 4.36. The highest BCUT2D eigenvalue weighted by atomic mass is 32.2. The first-order valence-corrected chi connectivity index (χ1v) is 11.9. The smallest absolute Gasteiger partial charge is 0.222 e. The van der Waals surface area contributed by atoms with Crippen LogP contribution in [-0.4, -0.2) is 35.6 Å². The van der Waals surface area contributed by atoms with E-state index in [9.17, 15) is 9.59 Å². The van der Waals surface area contributed by atoms with Crippen LogP contribution in [0.2, 0.25) is 0 Å². The summed E-state index contributed by atoms with van der Waals surface area (Å²) in [6, 6.07) is 22.8. The number of amides is 2. The van der Waals surface area contributed by atoms with Gasteiger partial charge in [0.2, 0.25) is 11.8 Å². The third-order valence-corrected chi connectivity index (χ3v) is 6.91. The van der Waals surface area contributed by atoms with Crippen molar-refractivity contribution in [2.45, 2.75) is 31.6 Å². The molecule has 2 amide bonds. The minimum absolute atomic E-state index is 0.00119. The lowest BCUT2D eigenvalue weighted by Gasteiger charge is -2.36. The van der Waals surface area contributed by atoms with Crippen molar-refractivity contribution < 1.29 is 9.59 Å². The molecule has 1 heterocycles. The van der Waals surface area contributed by atoms with Crippen LogP contribution in [0.4, 0.5) is 0 Å². The molecule has 1 N–H and O–H groups in total. The van der Waals surface area contributed by atoms with E-state index in [2.05, 4.69) is 53.8 Å². The molecule has 5 heteroatoms. The van der Waals surface area contributed by atoms with Crippen molar-refractivity contribution in [3.8, 4) is 0 Å². The van der Waals surface area contributed by atoms with E-state index < -0.39 is 0 Å². The van der Waals surface area contributed by atoms with Crippen LogP contribution in [0.3, 0.4) is 0 Å². The Kier molecular flexibility index (Phi) is 6.92. The minimum Gasteiger partial charge on any atom is -0.355 e. The minimum atomic E-state index is -0.175. The lowest BCUT2D eigenvalue weighted by atomic mass is 9.90. The molecule has 0 spiro atoms. The van der Waals surface area contributed by atoms with Crippen molar-refractivity contribution in [2.24, 2.45) is 0 Å². The fraction of sp³-hybridized carbons (Fsp3) is 0.308. The van der Waals surface area contributed by atoms with Gasteiger partial charge in [-0.3, -0.25) is 9.59 Å². The molecular formula is C26H28N2O2S. The first kappa shape index (κ1) is 21.4. The number of hydrogen-bond donors (Lipinski definition) is 1. The summed E-state index contributed by atoms with van der Waals surface area (Å²) in [5.74, 6) is 1.80. The summed E-state index contributed by atoms with van der Waals surface area (Å²) >= 11 is 1.82. The van der Waals surface area contributed by atoms with Crippen LogP contribution in [0.5, 0.6) is 0 Å². The molecule has 0 bridgehead atoms. The van der Waals surface area contributed by atoms with Crippen molar-refractivity contribution >= 4 is 34.3 Å². The van der Waals surface area contributed by atoms with Crippen molar-refractivity contribution in [3.05, 3.63) is 83.4 Å². The van der Waals surface area contributed by atoms with Gasteiger partial charge in [-0.15, -0.1) is 0 Å². The van der Waals surface area contributed by atoms with Crippen LogP contribution in [0.25, 0.3) is 10.8 Å². The maximum absolute atomic E-state index is 12.6. The molecule has 0 fully saturated rings. The average Bonchev–Trinajstić information content (AvgIpc) is 2.79. The maximum atomic E-state index is 12.6. The number of rotatable bonds is 7. The summed E-state index contributed by atoms with van der Waals surface area (Å²) in [7, 11) is 0. The van der Waals surface area contributed by atoms with Gasteiger partial charge < -0.3 is 10.2 Å². The van der Waals surface area contributed by atoms with E-state index in [-0.39, 0.29) is 17.9 Å². The average molecular weight is 433 g/mol. The predicted molar refractivity (Wildman–Crippen MR) is 128 cm³/mol. The number of nitrogens with one attached hydrogen (secondary N) is 1. The van der Waals surface area contributed by atoms with E-state index in [4.69, 9.17) is 0 Å². The third-order valence-electron chi connectivity index (χ3n) is 5.90. The standard InChI is InChI=1S/C26H28N2O2S/c1-19(29)28-15-13-21-8-3-5-12-24(21)25(28)17-26(30)27-14-16-31-18-22-10-6-9-20-7-2-4-11-23(20)22/h2-12,25H,13-18H2,1H3,(H,27,30). The Morgan fingerprint density at radius 3 is 2.68 bits per heavy atom. The lowest BCUT2D eigenvalue weighted by molar-refractivity contribution is -0.133. The Morgan fingerprint density at radius 2 is 1.81 bits per heavy atom. The summed E-state index contributed by atoms with van der Waals surface area (Å²) in [6.07, 6.45) is 1.16. The van der Waals surface area contributed by atoms with Gasteiger partial charge in [0.25, 0.3) is 0 Å². The van der Waals surface area contributed by atoms with Gasteiger partial charge in [-0.05, 0) is 33.9 Å². The van der Waals surface area contributed by atoms with E-state index >= 15 is 0 Å². The highest BCUT2D eigenvalue weighted by molar-refractivity contribution is 7.98. The summed E-state index contributed by atoms with van der Waals surface area (Å²) in [5, 5.41) is 5.60. The van der Waals surface area contributed by atoms with Gasteiger partial charge >= 0.3 is 0 Å². The monoisotopic (exact) mass is 432 g/mol. The molecular weight excluding hydrogens is 404 g/mol. The quantitative estimate of drug-likeness (QED) is 0.550. The number of hydrogen-bond acceptors (Lipinski definition) is 3. The Labute approximate surface area is 188 Å². The number of fused-ring (bicyclic) bond motifs is 2. The second-order valence-corrected chi connectivity index (χ2v) is 9.03. The van der Waals surface area contributed by atoms with Crippen LogP contribution < -0.4 is 5.32 Å². The zero-order valence-electron chi connectivity index (χ0n) is 17.8. The Balaban J connectivity index is 1.28. The Hall–Kier alpha value is -2.79. The maximum Gasteiger partial charge on any atom is 0.222 e. The molecule has 1 aliphatic rings. The first-order valence-electron chi connectivity index (χ1n) is 10.8. The molecule has 160 valence electrons. The number of thioether (sulfide) groups is 1. The van der Waals surface area contributed by atoms with E-state index in [1.165, 1.54) is 21.9 Å². The molecule has 0 aromatic heterocycles. The van der Waals surface area contributed by atoms with E-state index in [1.807, 2.05) is 34.9 Å². The van der Waals surface area contributed by atoms with Gasteiger partial charge in [0, 0.05) is 31.5 Å². The van der Waals surface area contributed by atoms with Gasteiger partial charge in [-0.1, -0.05) is 66.7 Å². The molecule has 1 aliphatic heterocycles. The normalized spacial score (nSPS) is 15.5. The summed E-state index contributed by atoms with van der Waals surface area (Å²) in [6.45, 7) is 2.89. The first-order chi connectivity index (χ1) is 15.1. The molecule has 3 aromatic rings.